The first-order valence-corrected chi connectivity index (χ1v) is 6.14. The van der Waals surface area contributed by atoms with Crippen molar-refractivity contribution in [2.45, 2.75) is 65.3 Å². The Bertz CT molecular complexity index is 266. The van der Waals surface area contributed by atoms with Gasteiger partial charge >= 0.3 is 0 Å². The molecule has 0 bridgehead atoms. The molecule has 0 aliphatic rings. The number of aryl methyl sites for hydroxylation is 1. The third-order valence-corrected chi connectivity index (χ3v) is 2.62. The highest BCUT2D eigenvalue weighted by molar-refractivity contribution is 4.92. The van der Waals surface area contributed by atoms with Crippen LogP contribution in [0.5, 0.6) is 0 Å². The molecule has 3 nitrogen and oxygen atoms in total. The van der Waals surface area contributed by atoms with Crippen LogP contribution in [0.15, 0.2) is 6.20 Å². The third kappa shape index (κ3) is 4.45. The van der Waals surface area contributed by atoms with Gasteiger partial charge in [0.1, 0.15) is 0 Å². The number of rotatable bonds is 7. The molecule has 0 saturated heterocycles. The number of hydrogen-bond acceptors (Lipinski definition) is 2. The summed E-state index contributed by atoms with van der Waals surface area (Å²) >= 11 is 0. The van der Waals surface area contributed by atoms with E-state index in [1.165, 1.54) is 32.1 Å². The molecule has 0 aliphatic carbocycles. The maximum absolute atomic E-state index is 4.17. The van der Waals surface area contributed by atoms with Crippen LogP contribution in [0.3, 0.4) is 0 Å². The second-order valence-electron chi connectivity index (χ2n) is 4.45. The maximum Gasteiger partial charge on any atom is 0.0827 e. The van der Waals surface area contributed by atoms with E-state index < -0.39 is 0 Å². The molecule has 0 amide bonds. The molecule has 0 spiro atoms. The van der Waals surface area contributed by atoms with Gasteiger partial charge in [0.2, 0.25) is 0 Å². The Labute approximate surface area is 92.9 Å². The predicted molar refractivity (Wildman–Crippen MR) is 62.9 cm³/mol. The summed E-state index contributed by atoms with van der Waals surface area (Å²) < 4.78 is 1.93. The van der Waals surface area contributed by atoms with Crippen LogP contribution in [0.25, 0.3) is 0 Å². The first kappa shape index (κ1) is 12.2. The van der Waals surface area contributed by atoms with Crippen LogP contribution in [0.4, 0.5) is 0 Å². The van der Waals surface area contributed by atoms with Crippen molar-refractivity contribution in [3.63, 3.8) is 0 Å². The van der Waals surface area contributed by atoms with Gasteiger partial charge in [0, 0.05) is 12.2 Å². The Morgan fingerprint density at radius 2 is 1.93 bits per heavy atom. The van der Waals surface area contributed by atoms with Crippen LogP contribution in [0, 0.1) is 0 Å². The van der Waals surface area contributed by atoms with Crippen LogP contribution >= 0.6 is 0 Å². The smallest absolute Gasteiger partial charge is 0.0827 e. The normalized spacial score (nSPS) is 11.2. The first-order valence-electron chi connectivity index (χ1n) is 6.14. The Kier molecular flexibility index (Phi) is 5.37. The molecular formula is C12H23N3. The van der Waals surface area contributed by atoms with Gasteiger partial charge in [-0.05, 0) is 26.7 Å². The molecule has 1 rings (SSSR count). The minimum absolute atomic E-state index is 0.423. The fraction of sp³-hybridized carbons (Fsp3) is 0.833. The van der Waals surface area contributed by atoms with Crippen molar-refractivity contribution < 1.29 is 0 Å². The molecule has 0 radical (unpaired) electrons. The Hall–Kier alpha value is -0.860. The van der Waals surface area contributed by atoms with Crippen LogP contribution in [0.2, 0.25) is 0 Å². The first-order chi connectivity index (χ1) is 7.24. The van der Waals surface area contributed by atoms with E-state index in [0.717, 1.165) is 12.1 Å². The van der Waals surface area contributed by atoms with E-state index in [9.17, 15) is 0 Å². The highest BCUT2D eigenvalue weighted by Crippen LogP contribution is 2.08. The van der Waals surface area contributed by atoms with Crippen molar-refractivity contribution in [1.29, 1.82) is 0 Å². The van der Waals surface area contributed by atoms with Gasteiger partial charge in [-0.1, -0.05) is 37.8 Å². The van der Waals surface area contributed by atoms with Crippen molar-refractivity contribution in [3.8, 4) is 0 Å². The molecule has 1 aromatic heterocycles. The van der Waals surface area contributed by atoms with Gasteiger partial charge in [-0.3, -0.25) is 0 Å². The van der Waals surface area contributed by atoms with Crippen molar-refractivity contribution in [2.24, 2.45) is 0 Å². The van der Waals surface area contributed by atoms with Gasteiger partial charge in [-0.2, -0.15) is 0 Å². The summed E-state index contributed by atoms with van der Waals surface area (Å²) in [4.78, 5) is 0. The zero-order valence-electron chi connectivity index (χ0n) is 10.2. The van der Waals surface area contributed by atoms with Gasteiger partial charge in [0.05, 0.1) is 5.69 Å². The molecule has 0 fully saturated rings. The minimum atomic E-state index is 0.423. The molecule has 0 aromatic carbocycles. The third-order valence-electron chi connectivity index (χ3n) is 2.62. The molecule has 1 aromatic rings. The predicted octanol–water partition coefficient (Wildman–Crippen LogP) is 3.37. The van der Waals surface area contributed by atoms with Gasteiger partial charge < -0.3 is 0 Å². The second-order valence-corrected chi connectivity index (χ2v) is 4.45. The lowest BCUT2D eigenvalue weighted by Gasteiger charge is -2.01. The van der Waals surface area contributed by atoms with Gasteiger partial charge in [-0.15, -0.1) is 5.10 Å². The van der Waals surface area contributed by atoms with Crippen LogP contribution in [-0.2, 0) is 6.42 Å². The number of nitrogens with zero attached hydrogens (tertiary/aromatic N) is 3. The summed E-state index contributed by atoms with van der Waals surface area (Å²) in [6.45, 7) is 6.49. The maximum atomic E-state index is 4.17. The van der Waals surface area contributed by atoms with E-state index in [1.807, 2.05) is 4.68 Å². The lowest BCUT2D eigenvalue weighted by atomic mass is 10.1. The zero-order chi connectivity index (χ0) is 11.1. The lowest BCUT2D eigenvalue weighted by molar-refractivity contribution is 0.514. The number of hydrogen-bond donors (Lipinski definition) is 0. The van der Waals surface area contributed by atoms with Crippen molar-refractivity contribution in [2.75, 3.05) is 0 Å². The largest absolute Gasteiger partial charge is 0.250 e. The molecule has 3 heteroatoms. The molecule has 86 valence electrons. The summed E-state index contributed by atoms with van der Waals surface area (Å²) in [6, 6.07) is 0.423. The summed E-state index contributed by atoms with van der Waals surface area (Å²) in [5, 5.41) is 8.27. The fourth-order valence-electron chi connectivity index (χ4n) is 1.59. The summed E-state index contributed by atoms with van der Waals surface area (Å²) in [5.74, 6) is 0. The van der Waals surface area contributed by atoms with Crippen LogP contribution in [-0.4, -0.2) is 15.0 Å². The molecule has 0 aliphatic heterocycles. The topological polar surface area (TPSA) is 30.7 Å². The summed E-state index contributed by atoms with van der Waals surface area (Å²) in [5.41, 5.74) is 1.14. The molecular weight excluding hydrogens is 186 g/mol. The van der Waals surface area contributed by atoms with Crippen molar-refractivity contribution >= 4 is 0 Å². The average Bonchev–Trinajstić information content (AvgIpc) is 2.66. The highest BCUT2D eigenvalue weighted by atomic mass is 15.4. The van der Waals surface area contributed by atoms with E-state index in [4.69, 9.17) is 0 Å². The Morgan fingerprint density at radius 3 is 2.53 bits per heavy atom. The van der Waals surface area contributed by atoms with Gasteiger partial charge in [0.15, 0.2) is 0 Å². The van der Waals surface area contributed by atoms with Crippen molar-refractivity contribution in [3.05, 3.63) is 11.9 Å². The van der Waals surface area contributed by atoms with E-state index in [2.05, 4.69) is 37.3 Å². The van der Waals surface area contributed by atoms with Crippen molar-refractivity contribution in [1.82, 2.24) is 15.0 Å². The van der Waals surface area contributed by atoms with Gasteiger partial charge in [-0.25, -0.2) is 4.68 Å². The number of unbranched alkanes of at least 4 members (excludes halogenated alkanes) is 4. The monoisotopic (exact) mass is 209 g/mol. The quantitative estimate of drug-likeness (QED) is 0.645. The summed E-state index contributed by atoms with van der Waals surface area (Å²) in [7, 11) is 0. The fourth-order valence-corrected chi connectivity index (χ4v) is 1.59. The minimum Gasteiger partial charge on any atom is -0.250 e. The molecule has 15 heavy (non-hydrogen) atoms. The molecule has 1 heterocycles. The Balaban J connectivity index is 2.20. The van der Waals surface area contributed by atoms with E-state index >= 15 is 0 Å². The van der Waals surface area contributed by atoms with Crippen LogP contribution in [0.1, 0.15) is 64.6 Å². The lowest BCUT2D eigenvalue weighted by Crippen LogP contribution is -2.00. The molecule has 0 saturated carbocycles. The van der Waals surface area contributed by atoms with E-state index in [0.29, 0.717) is 6.04 Å². The van der Waals surface area contributed by atoms with E-state index in [1.54, 1.807) is 0 Å². The highest BCUT2D eigenvalue weighted by Gasteiger charge is 2.02. The molecule has 0 atom stereocenters. The standard InChI is InChI=1S/C12H23N3/c1-4-5-6-7-8-9-12-10-15(11(2)3)14-13-12/h10-11H,4-9H2,1-3H3. The average molecular weight is 209 g/mol. The number of aromatic nitrogens is 3. The molecule has 0 N–H and O–H groups in total. The second kappa shape index (κ2) is 6.59. The van der Waals surface area contributed by atoms with Gasteiger partial charge in [0.25, 0.3) is 0 Å². The van der Waals surface area contributed by atoms with E-state index in [-0.39, 0.29) is 0 Å². The Morgan fingerprint density at radius 1 is 1.20 bits per heavy atom. The zero-order valence-corrected chi connectivity index (χ0v) is 10.2. The van der Waals surface area contributed by atoms with Crippen LogP contribution < -0.4 is 0 Å². The summed E-state index contributed by atoms with van der Waals surface area (Å²) in [6.07, 6.45) is 9.75. The molecule has 0 unspecified atom stereocenters. The SMILES string of the molecule is CCCCCCCc1cn(C(C)C)nn1.